The fourth-order valence-corrected chi connectivity index (χ4v) is 1.58. The highest BCUT2D eigenvalue weighted by Gasteiger charge is 2.06. The summed E-state index contributed by atoms with van der Waals surface area (Å²) in [4.78, 5) is 1.06. The predicted molar refractivity (Wildman–Crippen MR) is 31.4 cm³/mol. The van der Waals surface area contributed by atoms with Crippen LogP contribution < -0.4 is 0 Å². The van der Waals surface area contributed by atoms with Crippen LogP contribution in [-0.4, -0.2) is 9.96 Å². The van der Waals surface area contributed by atoms with Gasteiger partial charge in [-0.1, -0.05) is 6.08 Å². The zero-order chi connectivity index (χ0) is 5.28. The van der Waals surface area contributed by atoms with Crippen LogP contribution in [0.1, 0.15) is 13.3 Å². The van der Waals surface area contributed by atoms with Crippen LogP contribution in [0, 0.1) is 0 Å². The monoisotopic (exact) mass is 116 g/mol. The van der Waals surface area contributed by atoms with Crippen molar-refractivity contribution in [2.24, 2.45) is 0 Å². The molecule has 0 aromatic rings. The van der Waals surface area contributed by atoms with E-state index in [0.717, 1.165) is 17.1 Å². The Bertz CT molecular complexity index is 126. The van der Waals surface area contributed by atoms with Crippen LogP contribution in [0.4, 0.5) is 0 Å². The fourth-order valence-electron chi connectivity index (χ4n) is 0.623. The van der Waals surface area contributed by atoms with E-state index in [4.69, 9.17) is 0 Å². The highest BCUT2D eigenvalue weighted by molar-refractivity contribution is 7.89. The second-order valence-electron chi connectivity index (χ2n) is 1.65. The average molecular weight is 116 g/mol. The van der Waals surface area contributed by atoms with Crippen molar-refractivity contribution in [3.8, 4) is 0 Å². The first-order chi connectivity index (χ1) is 3.30. The van der Waals surface area contributed by atoms with Gasteiger partial charge in [0.05, 0.1) is 0 Å². The molecule has 0 bridgehead atoms. The maximum absolute atomic E-state index is 10.6. The first-order valence-corrected chi connectivity index (χ1v) is 3.68. The SMILES string of the molecule is CC1=CCCS1=O. The molecular weight excluding hydrogens is 108 g/mol. The van der Waals surface area contributed by atoms with Crippen LogP contribution >= 0.6 is 0 Å². The first-order valence-electron chi connectivity index (χ1n) is 2.36. The molecule has 0 saturated carbocycles. The summed E-state index contributed by atoms with van der Waals surface area (Å²) in [6.45, 7) is 1.92. The van der Waals surface area contributed by atoms with E-state index in [1.807, 2.05) is 13.0 Å². The van der Waals surface area contributed by atoms with Gasteiger partial charge in [-0.15, -0.1) is 0 Å². The molecule has 1 aliphatic rings. The maximum Gasteiger partial charge on any atom is 0.0485 e. The summed E-state index contributed by atoms with van der Waals surface area (Å²) in [7, 11) is -0.606. The highest BCUT2D eigenvalue weighted by Crippen LogP contribution is 2.10. The van der Waals surface area contributed by atoms with Gasteiger partial charge in [-0.3, -0.25) is 4.21 Å². The summed E-state index contributed by atoms with van der Waals surface area (Å²) in [5, 5.41) is 0. The molecule has 1 aliphatic heterocycles. The van der Waals surface area contributed by atoms with E-state index < -0.39 is 10.8 Å². The van der Waals surface area contributed by atoms with E-state index in [1.54, 1.807) is 0 Å². The largest absolute Gasteiger partial charge is 0.255 e. The third-order valence-electron chi connectivity index (χ3n) is 1.09. The molecule has 1 heterocycles. The van der Waals surface area contributed by atoms with Crippen molar-refractivity contribution in [1.82, 2.24) is 0 Å². The predicted octanol–water partition coefficient (Wildman–Crippen LogP) is 1.04. The number of allylic oxidation sites excluding steroid dienone is 2. The molecule has 1 rings (SSSR count). The summed E-state index contributed by atoms with van der Waals surface area (Å²) in [6, 6.07) is 0. The van der Waals surface area contributed by atoms with E-state index in [2.05, 4.69) is 0 Å². The van der Waals surface area contributed by atoms with Gasteiger partial charge in [-0.05, 0) is 13.3 Å². The zero-order valence-electron chi connectivity index (χ0n) is 4.31. The molecule has 0 saturated heterocycles. The second-order valence-corrected chi connectivity index (χ2v) is 3.40. The van der Waals surface area contributed by atoms with Crippen LogP contribution in [0.5, 0.6) is 0 Å². The molecule has 0 N–H and O–H groups in total. The molecular formula is C5H8OS. The molecule has 1 unspecified atom stereocenters. The molecule has 40 valence electrons. The molecule has 7 heavy (non-hydrogen) atoms. The lowest BCUT2D eigenvalue weighted by Crippen LogP contribution is -1.86. The Hall–Kier alpha value is -0.110. The number of rotatable bonds is 0. The van der Waals surface area contributed by atoms with Gasteiger partial charge in [0.15, 0.2) is 0 Å². The Balaban J connectivity index is 2.72. The maximum atomic E-state index is 10.6. The quantitative estimate of drug-likeness (QED) is 0.462. The van der Waals surface area contributed by atoms with Crippen LogP contribution in [0.3, 0.4) is 0 Å². The summed E-state index contributed by atoms with van der Waals surface area (Å²) < 4.78 is 10.6. The summed E-state index contributed by atoms with van der Waals surface area (Å²) in [5.74, 6) is 0.853. The Kier molecular flexibility index (Phi) is 1.28. The van der Waals surface area contributed by atoms with E-state index in [-0.39, 0.29) is 0 Å². The first kappa shape index (κ1) is 5.04. The summed E-state index contributed by atoms with van der Waals surface area (Å²) in [6.07, 6.45) is 3.05. The third-order valence-corrected chi connectivity index (χ3v) is 2.59. The van der Waals surface area contributed by atoms with E-state index in [9.17, 15) is 4.21 Å². The number of hydrogen-bond donors (Lipinski definition) is 0. The topological polar surface area (TPSA) is 17.1 Å². The highest BCUT2D eigenvalue weighted by atomic mass is 32.2. The summed E-state index contributed by atoms with van der Waals surface area (Å²) >= 11 is 0. The van der Waals surface area contributed by atoms with Gasteiger partial charge < -0.3 is 0 Å². The van der Waals surface area contributed by atoms with Crippen LogP contribution in [0.25, 0.3) is 0 Å². The van der Waals surface area contributed by atoms with E-state index in [0.29, 0.717) is 0 Å². The van der Waals surface area contributed by atoms with Gasteiger partial charge in [0.1, 0.15) is 0 Å². The molecule has 2 heteroatoms. The standard InChI is InChI=1S/C5H8OS/c1-5-3-2-4-7(5)6/h3H,2,4H2,1H3. The van der Waals surface area contributed by atoms with Crippen molar-refractivity contribution in [2.75, 3.05) is 5.75 Å². The average Bonchev–Trinajstić information content (AvgIpc) is 1.91. The third kappa shape index (κ3) is 0.911. The normalized spacial score (nSPS) is 30.4. The van der Waals surface area contributed by atoms with Crippen molar-refractivity contribution in [3.05, 3.63) is 11.0 Å². The smallest absolute Gasteiger partial charge is 0.0485 e. The minimum absolute atomic E-state index is 0.606. The lowest BCUT2D eigenvalue weighted by molar-refractivity contribution is 0.688. The van der Waals surface area contributed by atoms with Gasteiger partial charge >= 0.3 is 0 Å². The fraction of sp³-hybridized carbons (Fsp3) is 0.600. The lowest BCUT2D eigenvalue weighted by atomic mass is 10.4. The zero-order valence-corrected chi connectivity index (χ0v) is 5.12. The molecule has 0 aliphatic carbocycles. The van der Waals surface area contributed by atoms with Gasteiger partial charge in [-0.25, -0.2) is 0 Å². The Morgan fingerprint density at radius 2 is 2.57 bits per heavy atom. The molecule has 0 amide bonds. The number of hydrogen-bond acceptors (Lipinski definition) is 1. The molecule has 0 fully saturated rings. The van der Waals surface area contributed by atoms with Crippen molar-refractivity contribution in [3.63, 3.8) is 0 Å². The van der Waals surface area contributed by atoms with Gasteiger partial charge in [0.2, 0.25) is 0 Å². The van der Waals surface area contributed by atoms with Crippen LogP contribution in [-0.2, 0) is 10.8 Å². The van der Waals surface area contributed by atoms with Gasteiger partial charge in [0, 0.05) is 21.5 Å². The lowest BCUT2D eigenvalue weighted by Gasteiger charge is -1.83. The van der Waals surface area contributed by atoms with E-state index in [1.165, 1.54) is 0 Å². The van der Waals surface area contributed by atoms with Gasteiger partial charge in [0.25, 0.3) is 0 Å². The second kappa shape index (κ2) is 1.78. The molecule has 0 radical (unpaired) electrons. The van der Waals surface area contributed by atoms with Crippen LogP contribution in [0.2, 0.25) is 0 Å². The van der Waals surface area contributed by atoms with E-state index >= 15 is 0 Å². The Labute approximate surface area is 45.9 Å². The molecule has 1 atom stereocenters. The van der Waals surface area contributed by atoms with Crippen LogP contribution in [0.15, 0.2) is 11.0 Å². The summed E-state index contributed by atoms with van der Waals surface area (Å²) in [5.41, 5.74) is 0. The van der Waals surface area contributed by atoms with Crippen molar-refractivity contribution < 1.29 is 4.21 Å². The Morgan fingerprint density at radius 1 is 1.86 bits per heavy atom. The molecule has 1 nitrogen and oxygen atoms in total. The van der Waals surface area contributed by atoms with Gasteiger partial charge in [-0.2, -0.15) is 0 Å². The molecule has 0 spiro atoms. The minimum Gasteiger partial charge on any atom is -0.255 e. The van der Waals surface area contributed by atoms with Crippen molar-refractivity contribution >= 4 is 10.8 Å². The minimum atomic E-state index is -0.606. The Morgan fingerprint density at radius 3 is 2.71 bits per heavy atom. The van der Waals surface area contributed by atoms with Crippen molar-refractivity contribution in [2.45, 2.75) is 13.3 Å². The molecule has 0 aromatic heterocycles. The molecule has 0 aromatic carbocycles. The van der Waals surface area contributed by atoms with Crippen molar-refractivity contribution in [1.29, 1.82) is 0 Å².